The molecule has 1 fully saturated rings. The maximum absolute atomic E-state index is 5.63. The summed E-state index contributed by atoms with van der Waals surface area (Å²) in [5.74, 6) is 1.74. The van der Waals surface area contributed by atoms with Gasteiger partial charge in [-0.3, -0.25) is 4.90 Å². The van der Waals surface area contributed by atoms with E-state index in [-0.39, 0.29) is 0 Å². The van der Waals surface area contributed by atoms with E-state index < -0.39 is 0 Å². The summed E-state index contributed by atoms with van der Waals surface area (Å²) in [5, 5.41) is 14.4. The number of ether oxygens (including phenoxy) is 1. The summed E-state index contributed by atoms with van der Waals surface area (Å²) in [6, 6.07) is 7.97. The van der Waals surface area contributed by atoms with Crippen LogP contribution in [0.3, 0.4) is 0 Å². The van der Waals surface area contributed by atoms with Crippen molar-refractivity contribution < 1.29 is 4.74 Å². The van der Waals surface area contributed by atoms with Crippen molar-refractivity contribution in [1.82, 2.24) is 24.7 Å². The maximum Gasteiger partial charge on any atom is 0.235 e. The monoisotopic (exact) mass is 369 g/mol. The Morgan fingerprint density at radius 3 is 2.81 bits per heavy atom. The van der Waals surface area contributed by atoms with E-state index in [4.69, 9.17) is 9.84 Å². The third kappa shape index (κ3) is 3.78. The van der Waals surface area contributed by atoms with Gasteiger partial charge in [0.05, 0.1) is 6.54 Å². The molecule has 0 spiro atoms. The minimum absolute atomic E-state index is 0.495. The maximum atomic E-state index is 5.63. The van der Waals surface area contributed by atoms with Crippen molar-refractivity contribution in [3.05, 3.63) is 42.7 Å². The van der Waals surface area contributed by atoms with Gasteiger partial charge in [0.25, 0.3) is 0 Å². The zero-order chi connectivity index (χ0) is 17.8. The highest BCUT2D eigenvalue weighted by Crippen LogP contribution is 2.28. The number of hydrogen-bond acceptors (Lipinski definition) is 6. The van der Waals surface area contributed by atoms with Crippen molar-refractivity contribution in [1.29, 1.82) is 0 Å². The molecular formula is C19H23N5OS. The van der Waals surface area contributed by atoms with E-state index >= 15 is 0 Å². The Labute approximate surface area is 157 Å². The van der Waals surface area contributed by atoms with Crippen LogP contribution in [0.15, 0.2) is 36.9 Å². The predicted molar refractivity (Wildman–Crippen MR) is 104 cm³/mol. The summed E-state index contributed by atoms with van der Waals surface area (Å²) < 4.78 is 7.52. The highest BCUT2D eigenvalue weighted by atomic mass is 32.1. The second kappa shape index (κ2) is 7.97. The van der Waals surface area contributed by atoms with Crippen molar-refractivity contribution in [2.24, 2.45) is 0 Å². The van der Waals surface area contributed by atoms with Crippen LogP contribution in [0.5, 0.6) is 5.75 Å². The summed E-state index contributed by atoms with van der Waals surface area (Å²) >= 11 is 1.55. The first-order chi connectivity index (χ1) is 12.8. The van der Waals surface area contributed by atoms with E-state index in [1.54, 1.807) is 17.4 Å². The highest BCUT2D eigenvalue weighted by Gasteiger charge is 2.17. The van der Waals surface area contributed by atoms with Gasteiger partial charge in [0.2, 0.25) is 4.96 Å². The van der Waals surface area contributed by atoms with E-state index in [1.807, 2.05) is 28.8 Å². The summed E-state index contributed by atoms with van der Waals surface area (Å²) in [4.78, 5) is 3.30. The van der Waals surface area contributed by atoms with Crippen LogP contribution in [-0.2, 0) is 6.54 Å². The molecule has 0 unspecified atom stereocenters. The second-order valence-electron chi connectivity index (χ2n) is 6.54. The van der Waals surface area contributed by atoms with Gasteiger partial charge >= 0.3 is 0 Å². The van der Waals surface area contributed by atoms with E-state index in [1.165, 1.54) is 25.7 Å². The van der Waals surface area contributed by atoms with Crippen LogP contribution in [0.1, 0.15) is 31.5 Å². The van der Waals surface area contributed by atoms with Gasteiger partial charge < -0.3 is 4.74 Å². The van der Waals surface area contributed by atoms with Crippen molar-refractivity contribution in [3.8, 4) is 16.3 Å². The summed E-state index contributed by atoms with van der Waals surface area (Å²) in [6.07, 6.45) is 6.93. The number of fused-ring (bicyclic) bond motifs is 1. The van der Waals surface area contributed by atoms with Gasteiger partial charge in [0, 0.05) is 5.56 Å². The first kappa shape index (κ1) is 17.2. The lowest BCUT2D eigenvalue weighted by atomic mass is 10.2. The number of likely N-dealkylation sites (tertiary alicyclic amines) is 1. The predicted octanol–water partition coefficient (Wildman–Crippen LogP) is 3.79. The SMILES string of the molecule is C=CCOc1cccc(-c2nn3c(CN4CCCCCC4)nnc3s2)c1. The quantitative estimate of drug-likeness (QED) is 0.619. The van der Waals surface area contributed by atoms with Crippen LogP contribution in [0.25, 0.3) is 15.5 Å². The molecule has 4 rings (SSSR count). The Balaban J connectivity index is 1.56. The minimum atomic E-state index is 0.495. The lowest BCUT2D eigenvalue weighted by Gasteiger charge is -2.17. The molecular weight excluding hydrogens is 346 g/mol. The van der Waals surface area contributed by atoms with E-state index in [0.29, 0.717) is 6.61 Å². The number of rotatable bonds is 6. The van der Waals surface area contributed by atoms with Gasteiger partial charge in [-0.05, 0) is 38.1 Å². The summed E-state index contributed by atoms with van der Waals surface area (Å²) in [5.41, 5.74) is 1.03. The van der Waals surface area contributed by atoms with Crippen molar-refractivity contribution in [3.63, 3.8) is 0 Å². The first-order valence-electron chi connectivity index (χ1n) is 9.11. The van der Waals surface area contributed by atoms with Crippen LogP contribution < -0.4 is 4.74 Å². The lowest BCUT2D eigenvalue weighted by molar-refractivity contribution is 0.268. The van der Waals surface area contributed by atoms with Crippen LogP contribution in [0.4, 0.5) is 0 Å². The average Bonchev–Trinajstić information content (AvgIpc) is 3.14. The fourth-order valence-corrected chi connectivity index (χ4v) is 4.10. The number of hydrogen-bond donors (Lipinski definition) is 0. The molecule has 0 bridgehead atoms. The van der Waals surface area contributed by atoms with Crippen LogP contribution in [-0.4, -0.2) is 44.4 Å². The van der Waals surface area contributed by atoms with Gasteiger partial charge in [-0.2, -0.15) is 9.61 Å². The molecule has 1 saturated heterocycles. The Kier molecular flexibility index (Phi) is 5.26. The van der Waals surface area contributed by atoms with Gasteiger partial charge in [-0.25, -0.2) is 0 Å². The molecule has 0 radical (unpaired) electrons. The molecule has 0 aliphatic carbocycles. The van der Waals surface area contributed by atoms with E-state index in [9.17, 15) is 0 Å². The smallest absolute Gasteiger partial charge is 0.235 e. The molecule has 7 heteroatoms. The largest absolute Gasteiger partial charge is 0.490 e. The lowest BCUT2D eigenvalue weighted by Crippen LogP contribution is -2.25. The molecule has 0 N–H and O–H groups in total. The number of nitrogens with zero attached hydrogens (tertiary/aromatic N) is 5. The molecule has 1 aliphatic heterocycles. The molecule has 3 aromatic rings. The van der Waals surface area contributed by atoms with Crippen molar-refractivity contribution in [2.45, 2.75) is 32.2 Å². The fraction of sp³-hybridized carbons (Fsp3) is 0.421. The second-order valence-corrected chi connectivity index (χ2v) is 7.49. The van der Waals surface area contributed by atoms with Crippen LogP contribution >= 0.6 is 11.3 Å². The highest BCUT2D eigenvalue weighted by molar-refractivity contribution is 7.19. The Bertz CT molecular complexity index is 879. The zero-order valence-corrected chi connectivity index (χ0v) is 15.6. The minimum Gasteiger partial charge on any atom is -0.490 e. The fourth-order valence-electron chi connectivity index (χ4n) is 3.24. The molecule has 26 heavy (non-hydrogen) atoms. The molecule has 6 nitrogen and oxygen atoms in total. The van der Waals surface area contributed by atoms with Gasteiger partial charge in [-0.15, -0.1) is 10.2 Å². The summed E-state index contributed by atoms with van der Waals surface area (Å²) in [7, 11) is 0. The Morgan fingerprint density at radius 1 is 1.15 bits per heavy atom. The zero-order valence-electron chi connectivity index (χ0n) is 14.8. The third-order valence-electron chi connectivity index (χ3n) is 4.57. The topological polar surface area (TPSA) is 55.6 Å². The Hall–Kier alpha value is -2.25. The molecule has 0 saturated carbocycles. The molecule has 0 atom stereocenters. The van der Waals surface area contributed by atoms with Crippen LogP contribution in [0.2, 0.25) is 0 Å². The standard InChI is InChI=1S/C19H23N5OS/c1-2-12-25-16-9-7-8-15(13-16)18-22-24-17(20-21-19(24)26-18)14-23-10-5-3-4-6-11-23/h2,7-9,13H,1,3-6,10-12,14H2. The Morgan fingerprint density at radius 2 is 2.00 bits per heavy atom. The van der Waals surface area contributed by atoms with Crippen LogP contribution in [0, 0.1) is 0 Å². The van der Waals surface area contributed by atoms with Crippen molar-refractivity contribution >= 4 is 16.3 Å². The molecule has 136 valence electrons. The molecule has 2 aromatic heterocycles. The summed E-state index contributed by atoms with van der Waals surface area (Å²) in [6.45, 7) is 7.26. The first-order valence-corrected chi connectivity index (χ1v) is 9.93. The van der Waals surface area contributed by atoms with Gasteiger partial charge in [0.15, 0.2) is 5.82 Å². The van der Waals surface area contributed by atoms with Crippen molar-refractivity contribution in [2.75, 3.05) is 19.7 Å². The normalized spacial score (nSPS) is 15.8. The average molecular weight is 369 g/mol. The molecule has 1 aromatic carbocycles. The van der Waals surface area contributed by atoms with E-state index in [0.717, 1.165) is 46.7 Å². The molecule has 1 aliphatic rings. The number of benzene rings is 1. The molecule has 0 amide bonds. The third-order valence-corrected chi connectivity index (χ3v) is 5.52. The van der Waals surface area contributed by atoms with Gasteiger partial charge in [-0.1, -0.05) is 49.0 Å². The molecule has 3 heterocycles. The number of aromatic nitrogens is 4. The van der Waals surface area contributed by atoms with Gasteiger partial charge in [0.1, 0.15) is 17.4 Å². The van der Waals surface area contributed by atoms with E-state index in [2.05, 4.69) is 21.7 Å².